The summed E-state index contributed by atoms with van der Waals surface area (Å²) in [5, 5.41) is 9.33. The summed E-state index contributed by atoms with van der Waals surface area (Å²) in [6.45, 7) is 2.51. The van der Waals surface area contributed by atoms with Crippen molar-refractivity contribution in [3.05, 3.63) is 29.6 Å². The second kappa shape index (κ2) is 6.43. The summed E-state index contributed by atoms with van der Waals surface area (Å²) in [5.41, 5.74) is 0.392. The summed E-state index contributed by atoms with van der Waals surface area (Å²) in [6.07, 6.45) is 0.885. The molecule has 1 aliphatic heterocycles. The minimum Gasteiger partial charge on any atom is -0.392 e. The number of hydrogen-bond acceptors (Lipinski definition) is 4. The number of benzene rings is 1. The summed E-state index contributed by atoms with van der Waals surface area (Å²) in [5.74, 6) is -0.0487. The molecule has 1 aliphatic rings. The maximum Gasteiger partial charge on any atom is 0.246 e. The quantitative estimate of drug-likeness (QED) is 0.920. The predicted octanol–water partition coefficient (Wildman–Crippen LogP) is 1.83. The number of nitrogens with zero attached hydrogens (tertiary/aromatic N) is 1. The van der Waals surface area contributed by atoms with Crippen molar-refractivity contribution in [1.29, 1.82) is 0 Å². The zero-order valence-electron chi connectivity index (χ0n) is 11.3. The van der Waals surface area contributed by atoms with Gasteiger partial charge in [-0.2, -0.15) is 16.1 Å². The van der Waals surface area contributed by atoms with E-state index in [1.54, 1.807) is 11.8 Å². The first kappa shape index (κ1) is 15.8. The zero-order chi connectivity index (χ0) is 14.8. The highest BCUT2D eigenvalue weighted by atomic mass is 32.2. The third kappa shape index (κ3) is 3.16. The maximum absolute atomic E-state index is 13.8. The molecule has 112 valence electrons. The van der Waals surface area contributed by atoms with Crippen LogP contribution in [0, 0.1) is 5.82 Å². The highest BCUT2D eigenvalue weighted by Gasteiger charge is 2.31. The molecule has 0 amide bonds. The van der Waals surface area contributed by atoms with Crippen molar-refractivity contribution in [3.8, 4) is 0 Å². The Morgan fingerprint density at radius 2 is 2.25 bits per heavy atom. The average molecular weight is 319 g/mol. The van der Waals surface area contributed by atoms with E-state index in [0.29, 0.717) is 18.7 Å². The topological polar surface area (TPSA) is 57.6 Å². The molecule has 0 saturated carbocycles. The maximum atomic E-state index is 13.8. The zero-order valence-corrected chi connectivity index (χ0v) is 12.9. The molecule has 4 nitrogen and oxygen atoms in total. The Morgan fingerprint density at radius 1 is 1.50 bits per heavy atom. The molecule has 1 unspecified atom stereocenters. The summed E-state index contributed by atoms with van der Waals surface area (Å²) in [7, 11) is -3.83. The van der Waals surface area contributed by atoms with Crippen LogP contribution in [0.25, 0.3) is 0 Å². The number of rotatable bonds is 4. The first-order chi connectivity index (χ1) is 9.48. The lowest BCUT2D eigenvalue weighted by atomic mass is 10.2. The van der Waals surface area contributed by atoms with Gasteiger partial charge in [-0.3, -0.25) is 0 Å². The van der Waals surface area contributed by atoms with Gasteiger partial charge in [-0.1, -0.05) is 13.0 Å². The molecular formula is C13H18FNO3S2. The Morgan fingerprint density at radius 3 is 2.90 bits per heavy atom. The van der Waals surface area contributed by atoms with E-state index < -0.39 is 15.8 Å². The molecule has 1 N–H and O–H groups in total. The minimum atomic E-state index is -3.83. The molecule has 7 heteroatoms. The molecule has 1 aromatic rings. The van der Waals surface area contributed by atoms with Gasteiger partial charge in [-0.25, -0.2) is 12.8 Å². The highest BCUT2D eigenvalue weighted by molar-refractivity contribution is 8.00. The van der Waals surface area contributed by atoms with Crippen LogP contribution >= 0.6 is 11.8 Å². The third-order valence-electron chi connectivity index (χ3n) is 3.35. The normalized spacial score (nSPS) is 21.1. The largest absolute Gasteiger partial charge is 0.392 e. The van der Waals surface area contributed by atoms with E-state index in [0.717, 1.165) is 18.2 Å². The van der Waals surface area contributed by atoms with Crippen molar-refractivity contribution in [2.75, 3.05) is 18.8 Å². The third-order valence-corrected chi connectivity index (χ3v) is 6.61. The van der Waals surface area contributed by atoms with E-state index >= 15 is 0 Å². The van der Waals surface area contributed by atoms with Crippen LogP contribution < -0.4 is 0 Å². The van der Waals surface area contributed by atoms with Crippen LogP contribution in [0.5, 0.6) is 0 Å². The lowest BCUT2D eigenvalue weighted by Crippen LogP contribution is -2.42. The highest BCUT2D eigenvalue weighted by Crippen LogP contribution is 2.27. The molecule has 1 aromatic carbocycles. The Kier molecular flexibility index (Phi) is 5.06. The van der Waals surface area contributed by atoms with E-state index in [9.17, 15) is 12.8 Å². The van der Waals surface area contributed by atoms with Crippen LogP contribution in [0.4, 0.5) is 4.39 Å². The van der Waals surface area contributed by atoms with Gasteiger partial charge >= 0.3 is 0 Å². The molecule has 0 aliphatic carbocycles. The van der Waals surface area contributed by atoms with Gasteiger partial charge in [-0.05, 0) is 24.1 Å². The molecule has 1 fully saturated rings. The molecule has 0 radical (unpaired) electrons. The fourth-order valence-electron chi connectivity index (χ4n) is 2.14. The van der Waals surface area contributed by atoms with Crippen LogP contribution in [0.2, 0.25) is 0 Å². The Labute approximate surface area is 123 Å². The van der Waals surface area contributed by atoms with Gasteiger partial charge in [-0.15, -0.1) is 0 Å². The average Bonchev–Trinajstić information content (AvgIpc) is 2.47. The standard InChI is InChI=1S/C13H18FNO3S2/c1-2-11-8-15(5-6-19-11)20(17,18)13-7-10(9-16)3-4-12(13)14/h3-4,7,11,16H,2,5-6,8-9H2,1H3. The number of aliphatic hydroxyl groups excluding tert-OH is 1. The summed E-state index contributed by atoms with van der Waals surface area (Å²) in [6, 6.07) is 3.69. The minimum absolute atomic E-state index is 0.252. The van der Waals surface area contributed by atoms with Gasteiger partial charge in [0, 0.05) is 24.1 Å². The smallest absolute Gasteiger partial charge is 0.246 e. The molecule has 0 bridgehead atoms. The number of thioether (sulfide) groups is 1. The lowest BCUT2D eigenvalue weighted by molar-refractivity contribution is 0.281. The summed E-state index contributed by atoms with van der Waals surface area (Å²) >= 11 is 1.75. The van der Waals surface area contributed by atoms with E-state index in [1.165, 1.54) is 16.4 Å². The van der Waals surface area contributed by atoms with Gasteiger partial charge in [0.25, 0.3) is 0 Å². The van der Waals surface area contributed by atoms with E-state index in [-0.39, 0.29) is 16.8 Å². The van der Waals surface area contributed by atoms with Crippen molar-refractivity contribution in [2.45, 2.75) is 30.1 Å². The fourth-order valence-corrected chi connectivity index (χ4v) is 5.13. The first-order valence-electron chi connectivity index (χ1n) is 6.50. The molecule has 1 saturated heterocycles. The Hall–Kier alpha value is -0.630. The molecule has 1 atom stereocenters. The van der Waals surface area contributed by atoms with E-state index in [4.69, 9.17) is 5.11 Å². The fraction of sp³-hybridized carbons (Fsp3) is 0.538. The molecule has 0 spiro atoms. The van der Waals surface area contributed by atoms with Crippen molar-refractivity contribution in [3.63, 3.8) is 0 Å². The summed E-state index contributed by atoms with van der Waals surface area (Å²) < 4.78 is 40.3. The van der Waals surface area contributed by atoms with Gasteiger partial charge in [0.15, 0.2) is 0 Å². The molecule has 2 rings (SSSR count). The van der Waals surface area contributed by atoms with Crippen molar-refractivity contribution in [2.24, 2.45) is 0 Å². The number of sulfonamides is 1. The van der Waals surface area contributed by atoms with Crippen LogP contribution in [-0.4, -0.2) is 41.9 Å². The van der Waals surface area contributed by atoms with Crippen LogP contribution in [-0.2, 0) is 16.6 Å². The summed E-state index contributed by atoms with van der Waals surface area (Å²) in [4.78, 5) is -0.342. The molecule has 0 aromatic heterocycles. The van der Waals surface area contributed by atoms with Gasteiger partial charge < -0.3 is 5.11 Å². The van der Waals surface area contributed by atoms with Crippen LogP contribution in [0.15, 0.2) is 23.1 Å². The monoisotopic (exact) mass is 319 g/mol. The molecule has 20 heavy (non-hydrogen) atoms. The first-order valence-corrected chi connectivity index (χ1v) is 8.99. The number of halogens is 1. The number of hydrogen-bond donors (Lipinski definition) is 1. The van der Waals surface area contributed by atoms with Crippen molar-refractivity contribution in [1.82, 2.24) is 4.31 Å². The number of aliphatic hydroxyl groups is 1. The predicted molar refractivity (Wildman–Crippen MR) is 77.6 cm³/mol. The molecular weight excluding hydrogens is 301 g/mol. The SMILES string of the molecule is CCC1CN(S(=O)(=O)c2cc(CO)ccc2F)CCS1. The van der Waals surface area contributed by atoms with Crippen LogP contribution in [0.3, 0.4) is 0 Å². The van der Waals surface area contributed by atoms with E-state index in [1.807, 2.05) is 6.92 Å². The Bertz CT molecular complexity index is 577. The van der Waals surface area contributed by atoms with Gasteiger partial charge in [0.05, 0.1) is 6.61 Å². The Balaban J connectivity index is 2.34. The van der Waals surface area contributed by atoms with Gasteiger partial charge in [0.1, 0.15) is 10.7 Å². The van der Waals surface area contributed by atoms with E-state index in [2.05, 4.69) is 0 Å². The van der Waals surface area contributed by atoms with Crippen molar-refractivity contribution >= 4 is 21.8 Å². The second-order valence-corrected chi connectivity index (χ2v) is 8.00. The van der Waals surface area contributed by atoms with Crippen LogP contribution in [0.1, 0.15) is 18.9 Å². The molecule has 1 heterocycles. The van der Waals surface area contributed by atoms with Gasteiger partial charge in [0.2, 0.25) is 10.0 Å². The second-order valence-electron chi connectivity index (χ2n) is 4.69. The van der Waals surface area contributed by atoms with Crippen molar-refractivity contribution < 1.29 is 17.9 Å². The lowest BCUT2D eigenvalue weighted by Gasteiger charge is -2.31.